The summed E-state index contributed by atoms with van der Waals surface area (Å²) < 4.78 is 42.0. The Kier molecular flexibility index (Phi) is 5.49. The monoisotopic (exact) mass is 420 g/mol. The summed E-state index contributed by atoms with van der Waals surface area (Å²) in [5.41, 5.74) is 0.959. The predicted octanol–water partition coefficient (Wildman–Crippen LogP) is 4.40. The van der Waals surface area contributed by atoms with Gasteiger partial charge in [0.05, 0.1) is 9.83 Å². The van der Waals surface area contributed by atoms with Crippen LogP contribution in [0.4, 0.5) is 13.2 Å². The van der Waals surface area contributed by atoms with Crippen molar-refractivity contribution in [3.05, 3.63) is 50.6 Å². The fourth-order valence-corrected chi connectivity index (χ4v) is 4.41. The van der Waals surface area contributed by atoms with E-state index in [1.54, 1.807) is 23.5 Å². The molecule has 1 saturated heterocycles. The normalized spacial score (nSPS) is 17.7. The number of benzene rings is 1. The van der Waals surface area contributed by atoms with Gasteiger partial charge in [0.1, 0.15) is 5.75 Å². The number of thiophene rings is 1. The van der Waals surface area contributed by atoms with Crippen molar-refractivity contribution in [2.75, 3.05) is 26.2 Å². The van der Waals surface area contributed by atoms with E-state index in [9.17, 15) is 13.2 Å². The van der Waals surface area contributed by atoms with E-state index in [-0.39, 0.29) is 11.8 Å². The van der Waals surface area contributed by atoms with Gasteiger partial charge < -0.3 is 10.1 Å². The lowest BCUT2D eigenvalue weighted by Gasteiger charge is -2.34. The van der Waals surface area contributed by atoms with Crippen molar-refractivity contribution in [3.63, 3.8) is 0 Å². The summed E-state index contributed by atoms with van der Waals surface area (Å²) in [6.45, 7) is 3.58. The molecular formula is C16H16BrF3N2OS. The van der Waals surface area contributed by atoms with Crippen LogP contribution in [-0.2, 0) is 0 Å². The molecule has 0 saturated carbocycles. The van der Waals surface area contributed by atoms with Crippen LogP contribution in [0.1, 0.15) is 16.5 Å². The average Bonchev–Trinajstić information content (AvgIpc) is 2.95. The summed E-state index contributed by atoms with van der Waals surface area (Å²) in [7, 11) is 0. The number of ether oxygens (including phenoxy) is 1. The first kappa shape index (κ1) is 17.7. The summed E-state index contributed by atoms with van der Waals surface area (Å²) >= 11 is 5.13. The first-order valence-electron chi connectivity index (χ1n) is 7.48. The summed E-state index contributed by atoms with van der Waals surface area (Å²) in [4.78, 5) is 3.50. The Morgan fingerprint density at radius 2 is 1.75 bits per heavy atom. The van der Waals surface area contributed by atoms with Crippen LogP contribution in [-0.4, -0.2) is 37.4 Å². The smallest absolute Gasteiger partial charge is 0.406 e. The van der Waals surface area contributed by atoms with Crippen molar-refractivity contribution >= 4 is 27.3 Å². The van der Waals surface area contributed by atoms with E-state index in [4.69, 9.17) is 0 Å². The van der Waals surface area contributed by atoms with Crippen molar-refractivity contribution in [2.45, 2.75) is 12.4 Å². The Morgan fingerprint density at radius 1 is 1.08 bits per heavy atom. The van der Waals surface area contributed by atoms with Gasteiger partial charge in [-0.1, -0.05) is 12.1 Å². The maximum absolute atomic E-state index is 12.3. The molecule has 2 aromatic rings. The fraction of sp³-hybridized carbons (Fsp3) is 0.375. The van der Waals surface area contributed by atoms with E-state index >= 15 is 0 Å². The van der Waals surface area contributed by atoms with E-state index in [0.717, 1.165) is 40.4 Å². The van der Waals surface area contributed by atoms with Crippen LogP contribution in [0.15, 0.2) is 40.2 Å². The molecule has 24 heavy (non-hydrogen) atoms. The van der Waals surface area contributed by atoms with Crippen LogP contribution in [0.25, 0.3) is 0 Å². The number of nitrogens with one attached hydrogen (secondary N) is 1. The highest BCUT2D eigenvalue weighted by atomic mass is 79.9. The molecule has 1 fully saturated rings. The van der Waals surface area contributed by atoms with Gasteiger partial charge in [-0.15, -0.1) is 24.5 Å². The van der Waals surface area contributed by atoms with E-state index in [2.05, 4.69) is 36.9 Å². The van der Waals surface area contributed by atoms with Crippen molar-refractivity contribution < 1.29 is 17.9 Å². The summed E-state index contributed by atoms with van der Waals surface area (Å²) in [6, 6.07) is 10.3. The lowest BCUT2D eigenvalue weighted by Crippen LogP contribution is -2.45. The second-order valence-corrected chi connectivity index (χ2v) is 7.94. The predicted molar refractivity (Wildman–Crippen MR) is 91.4 cm³/mol. The molecule has 1 aliphatic heterocycles. The third kappa shape index (κ3) is 4.50. The van der Waals surface area contributed by atoms with Crippen LogP contribution in [0.2, 0.25) is 0 Å². The quantitative estimate of drug-likeness (QED) is 0.792. The summed E-state index contributed by atoms with van der Waals surface area (Å²) in [5.74, 6) is -0.197. The topological polar surface area (TPSA) is 24.5 Å². The van der Waals surface area contributed by atoms with E-state index in [1.807, 2.05) is 6.07 Å². The highest BCUT2D eigenvalue weighted by molar-refractivity contribution is 9.11. The van der Waals surface area contributed by atoms with Crippen LogP contribution in [0.3, 0.4) is 0 Å². The molecule has 0 radical (unpaired) electrons. The number of halogens is 4. The van der Waals surface area contributed by atoms with Crippen molar-refractivity contribution in [2.24, 2.45) is 0 Å². The molecule has 1 aromatic heterocycles. The molecule has 0 unspecified atom stereocenters. The maximum atomic E-state index is 12.3. The van der Waals surface area contributed by atoms with Gasteiger partial charge in [0.2, 0.25) is 0 Å². The van der Waals surface area contributed by atoms with Gasteiger partial charge in [-0.2, -0.15) is 0 Å². The Hall–Kier alpha value is -1.09. The van der Waals surface area contributed by atoms with Crippen LogP contribution in [0.5, 0.6) is 5.75 Å². The number of hydrogen-bond acceptors (Lipinski definition) is 4. The molecule has 130 valence electrons. The minimum absolute atomic E-state index is 0.0309. The highest BCUT2D eigenvalue weighted by Crippen LogP contribution is 2.36. The largest absolute Gasteiger partial charge is 0.573 e. The van der Waals surface area contributed by atoms with E-state index < -0.39 is 6.36 Å². The highest BCUT2D eigenvalue weighted by Gasteiger charge is 2.31. The number of hydrogen-bond donors (Lipinski definition) is 1. The molecule has 0 amide bonds. The fourth-order valence-electron chi connectivity index (χ4n) is 2.82. The molecule has 1 aromatic carbocycles. The molecule has 0 bridgehead atoms. The van der Waals surface area contributed by atoms with Gasteiger partial charge in [0, 0.05) is 31.1 Å². The Balaban J connectivity index is 1.87. The minimum Gasteiger partial charge on any atom is -0.406 e. The standard InChI is InChI=1S/C16H16BrF3N2OS/c17-14-6-5-13(24-14)15(22-9-7-21-8-10-22)11-1-3-12(4-2-11)23-16(18,19)20/h1-6,15,21H,7-10H2/t15-/m0/s1. The molecule has 0 spiro atoms. The lowest BCUT2D eigenvalue weighted by atomic mass is 10.0. The minimum atomic E-state index is -4.67. The van der Waals surface area contributed by atoms with Gasteiger partial charge >= 0.3 is 6.36 Å². The average molecular weight is 421 g/mol. The molecule has 1 N–H and O–H groups in total. The first-order valence-corrected chi connectivity index (χ1v) is 9.09. The molecule has 3 nitrogen and oxygen atoms in total. The molecule has 3 rings (SSSR count). The number of rotatable bonds is 4. The van der Waals surface area contributed by atoms with Crippen molar-refractivity contribution in [1.82, 2.24) is 10.2 Å². The van der Waals surface area contributed by atoms with Crippen molar-refractivity contribution in [3.8, 4) is 5.75 Å². The Bertz CT molecular complexity index is 669. The van der Waals surface area contributed by atoms with Gasteiger partial charge in [-0.05, 0) is 45.8 Å². The summed E-state index contributed by atoms with van der Waals surface area (Å²) in [5, 5.41) is 3.32. The maximum Gasteiger partial charge on any atom is 0.573 e. The van der Waals surface area contributed by atoms with Crippen LogP contribution in [0, 0.1) is 0 Å². The second kappa shape index (κ2) is 7.43. The third-order valence-corrected chi connectivity index (χ3v) is 5.49. The number of alkyl halides is 3. The van der Waals surface area contributed by atoms with E-state index in [1.165, 1.54) is 12.1 Å². The van der Waals surface area contributed by atoms with Gasteiger partial charge in [-0.3, -0.25) is 4.90 Å². The van der Waals surface area contributed by atoms with Crippen LogP contribution >= 0.6 is 27.3 Å². The van der Waals surface area contributed by atoms with Gasteiger partial charge in [-0.25, -0.2) is 0 Å². The van der Waals surface area contributed by atoms with Gasteiger partial charge in [0.15, 0.2) is 0 Å². The zero-order valence-corrected chi connectivity index (χ0v) is 15.0. The molecule has 1 aliphatic rings. The third-order valence-electron chi connectivity index (χ3n) is 3.81. The molecular weight excluding hydrogens is 405 g/mol. The number of nitrogens with zero attached hydrogens (tertiary/aromatic N) is 1. The van der Waals surface area contributed by atoms with Crippen molar-refractivity contribution in [1.29, 1.82) is 0 Å². The van der Waals surface area contributed by atoms with E-state index in [0.29, 0.717) is 0 Å². The Labute approximate surface area is 150 Å². The molecule has 2 heterocycles. The zero-order valence-electron chi connectivity index (χ0n) is 12.6. The summed E-state index contributed by atoms with van der Waals surface area (Å²) in [6.07, 6.45) is -4.67. The first-order chi connectivity index (χ1) is 11.4. The SMILES string of the molecule is FC(F)(F)Oc1ccc([C@@H](c2ccc(Br)s2)N2CCNCC2)cc1. The second-order valence-electron chi connectivity index (χ2n) is 5.45. The van der Waals surface area contributed by atoms with Gasteiger partial charge in [0.25, 0.3) is 0 Å². The number of piperazine rings is 1. The van der Waals surface area contributed by atoms with Crippen LogP contribution < -0.4 is 10.1 Å². The molecule has 8 heteroatoms. The zero-order chi connectivity index (χ0) is 17.2. The molecule has 1 atom stereocenters. The molecule has 0 aliphatic carbocycles. The lowest BCUT2D eigenvalue weighted by molar-refractivity contribution is -0.274. The Morgan fingerprint density at radius 3 is 2.29 bits per heavy atom.